The van der Waals surface area contributed by atoms with Crippen LogP contribution in [-0.2, 0) is 6.42 Å². The van der Waals surface area contributed by atoms with E-state index in [1.54, 1.807) is 11.3 Å². The molecule has 0 saturated heterocycles. The SMILES string of the molecule is CCC(N)C(Oc1ccc(CCO)cc1)c1sccc1C. The van der Waals surface area contributed by atoms with Crippen LogP contribution in [0.15, 0.2) is 35.7 Å². The van der Waals surface area contributed by atoms with Gasteiger partial charge in [0.05, 0.1) is 0 Å². The molecule has 4 heteroatoms. The van der Waals surface area contributed by atoms with Crippen molar-refractivity contribution in [3.8, 4) is 5.75 Å². The predicted octanol–water partition coefficient (Wildman–Crippen LogP) is 3.45. The summed E-state index contributed by atoms with van der Waals surface area (Å²) in [5, 5.41) is 11.0. The molecule has 1 heterocycles. The quantitative estimate of drug-likeness (QED) is 0.824. The first kappa shape index (κ1) is 16.0. The fourth-order valence-corrected chi connectivity index (χ4v) is 3.27. The summed E-state index contributed by atoms with van der Waals surface area (Å²) in [5.74, 6) is 0.818. The highest BCUT2D eigenvalue weighted by Crippen LogP contribution is 2.31. The smallest absolute Gasteiger partial charge is 0.148 e. The standard InChI is InChI=1S/C17H23NO2S/c1-3-15(18)16(17-12(2)9-11-21-17)20-14-6-4-13(5-7-14)8-10-19/h4-7,9,11,15-16,19H,3,8,10,18H2,1-2H3. The molecule has 0 aliphatic heterocycles. The molecule has 0 aliphatic rings. The van der Waals surface area contributed by atoms with E-state index in [1.807, 2.05) is 24.3 Å². The second-order valence-electron chi connectivity index (χ2n) is 5.20. The molecule has 0 radical (unpaired) electrons. The maximum absolute atomic E-state index is 8.95. The number of aryl methyl sites for hydroxylation is 1. The van der Waals surface area contributed by atoms with Crippen molar-refractivity contribution < 1.29 is 9.84 Å². The highest BCUT2D eigenvalue weighted by molar-refractivity contribution is 7.10. The number of hydrogen-bond acceptors (Lipinski definition) is 4. The van der Waals surface area contributed by atoms with Crippen LogP contribution in [-0.4, -0.2) is 17.8 Å². The lowest BCUT2D eigenvalue weighted by atomic mass is 10.1. The summed E-state index contributed by atoms with van der Waals surface area (Å²) in [6, 6.07) is 9.94. The Hall–Kier alpha value is -1.36. The van der Waals surface area contributed by atoms with Crippen molar-refractivity contribution in [3.63, 3.8) is 0 Å². The van der Waals surface area contributed by atoms with Crippen LogP contribution >= 0.6 is 11.3 Å². The summed E-state index contributed by atoms with van der Waals surface area (Å²) in [6.07, 6.45) is 1.42. The van der Waals surface area contributed by atoms with E-state index in [2.05, 4.69) is 25.3 Å². The van der Waals surface area contributed by atoms with E-state index < -0.39 is 0 Å². The molecule has 1 aromatic carbocycles. The van der Waals surface area contributed by atoms with Crippen LogP contribution in [0.1, 0.15) is 35.5 Å². The second kappa shape index (κ2) is 7.59. The van der Waals surface area contributed by atoms with Gasteiger partial charge in [-0.05, 0) is 54.5 Å². The van der Waals surface area contributed by atoms with Crippen LogP contribution in [0.25, 0.3) is 0 Å². The normalized spacial score (nSPS) is 13.9. The number of aliphatic hydroxyl groups is 1. The molecule has 2 atom stereocenters. The summed E-state index contributed by atoms with van der Waals surface area (Å²) in [5.41, 5.74) is 8.58. The van der Waals surface area contributed by atoms with Crippen molar-refractivity contribution in [2.45, 2.75) is 38.8 Å². The third-order valence-electron chi connectivity index (χ3n) is 3.61. The van der Waals surface area contributed by atoms with Crippen molar-refractivity contribution in [2.24, 2.45) is 5.73 Å². The van der Waals surface area contributed by atoms with Gasteiger partial charge in [-0.15, -0.1) is 11.3 Å². The molecule has 2 aromatic rings. The zero-order valence-corrected chi connectivity index (χ0v) is 13.4. The van der Waals surface area contributed by atoms with Crippen LogP contribution in [0.2, 0.25) is 0 Å². The molecule has 1 aromatic heterocycles. The Morgan fingerprint density at radius 1 is 1.24 bits per heavy atom. The highest BCUT2D eigenvalue weighted by Gasteiger charge is 2.23. The van der Waals surface area contributed by atoms with Gasteiger partial charge in [0.1, 0.15) is 11.9 Å². The zero-order valence-electron chi connectivity index (χ0n) is 12.6. The summed E-state index contributed by atoms with van der Waals surface area (Å²) in [7, 11) is 0. The van der Waals surface area contributed by atoms with E-state index in [0.29, 0.717) is 6.42 Å². The van der Waals surface area contributed by atoms with Crippen LogP contribution in [0.4, 0.5) is 0 Å². The molecule has 0 aliphatic carbocycles. The summed E-state index contributed by atoms with van der Waals surface area (Å²) >= 11 is 1.69. The number of rotatable bonds is 7. The predicted molar refractivity (Wildman–Crippen MR) is 87.9 cm³/mol. The molecule has 3 N–H and O–H groups in total. The summed E-state index contributed by atoms with van der Waals surface area (Å²) < 4.78 is 6.15. The first-order valence-corrected chi connectivity index (χ1v) is 8.19. The number of benzene rings is 1. The van der Waals surface area contributed by atoms with Gasteiger partial charge in [-0.25, -0.2) is 0 Å². The zero-order chi connectivity index (χ0) is 15.2. The average molecular weight is 305 g/mol. The molecule has 21 heavy (non-hydrogen) atoms. The first-order chi connectivity index (χ1) is 10.2. The third-order valence-corrected chi connectivity index (χ3v) is 4.69. The molecule has 0 saturated carbocycles. The van der Waals surface area contributed by atoms with Crippen molar-refractivity contribution >= 4 is 11.3 Å². The van der Waals surface area contributed by atoms with Gasteiger partial charge in [0, 0.05) is 17.5 Å². The summed E-state index contributed by atoms with van der Waals surface area (Å²) in [6.45, 7) is 4.33. The highest BCUT2D eigenvalue weighted by atomic mass is 32.1. The van der Waals surface area contributed by atoms with E-state index in [0.717, 1.165) is 17.7 Å². The minimum absolute atomic E-state index is 0.0283. The van der Waals surface area contributed by atoms with Gasteiger partial charge in [-0.2, -0.15) is 0 Å². The largest absolute Gasteiger partial charge is 0.483 e. The van der Waals surface area contributed by atoms with Gasteiger partial charge >= 0.3 is 0 Å². The topological polar surface area (TPSA) is 55.5 Å². The molecule has 3 nitrogen and oxygen atoms in total. The van der Waals surface area contributed by atoms with Gasteiger partial charge < -0.3 is 15.6 Å². The fourth-order valence-electron chi connectivity index (χ4n) is 2.24. The Morgan fingerprint density at radius 2 is 1.95 bits per heavy atom. The molecule has 0 bridgehead atoms. The van der Waals surface area contributed by atoms with Gasteiger partial charge in [-0.3, -0.25) is 0 Å². The van der Waals surface area contributed by atoms with Crippen LogP contribution in [0.5, 0.6) is 5.75 Å². The molecule has 2 rings (SSSR count). The fraction of sp³-hybridized carbons (Fsp3) is 0.412. The average Bonchev–Trinajstić information content (AvgIpc) is 2.92. The Bertz CT molecular complexity index is 550. The molecule has 2 unspecified atom stereocenters. The number of aliphatic hydroxyl groups excluding tert-OH is 1. The number of ether oxygens (including phenoxy) is 1. The Morgan fingerprint density at radius 3 is 2.48 bits per heavy atom. The number of hydrogen-bond donors (Lipinski definition) is 2. The first-order valence-electron chi connectivity index (χ1n) is 7.31. The Balaban J connectivity index is 2.17. The van der Waals surface area contributed by atoms with E-state index in [1.165, 1.54) is 10.4 Å². The third kappa shape index (κ3) is 4.06. The maximum Gasteiger partial charge on any atom is 0.148 e. The van der Waals surface area contributed by atoms with E-state index in [9.17, 15) is 0 Å². The molecular formula is C17H23NO2S. The van der Waals surface area contributed by atoms with Gasteiger partial charge in [0.25, 0.3) is 0 Å². The monoisotopic (exact) mass is 305 g/mol. The number of nitrogens with two attached hydrogens (primary N) is 1. The van der Waals surface area contributed by atoms with Gasteiger partial charge in [0.2, 0.25) is 0 Å². The van der Waals surface area contributed by atoms with Crippen molar-refractivity contribution in [1.29, 1.82) is 0 Å². The van der Waals surface area contributed by atoms with E-state index in [-0.39, 0.29) is 18.8 Å². The maximum atomic E-state index is 8.95. The lowest BCUT2D eigenvalue weighted by Gasteiger charge is -2.24. The van der Waals surface area contributed by atoms with Crippen molar-refractivity contribution in [2.75, 3.05) is 6.61 Å². The minimum atomic E-state index is -0.112. The van der Waals surface area contributed by atoms with Crippen LogP contribution in [0.3, 0.4) is 0 Å². The molecule has 0 spiro atoms. The lowest BCUT2D eigenvalue weighted by Crippen LogP contribution is -2.31. The van der Waals surface area contributed by atoms with Crippen LogP contribution < -0.4 is 10.5 Å². The summed E-state index contributed by atoms with van der Waals surface area (Å²) in [4.78, 5) is 1.20. The molecule has 0 fully saturated rings. The van der Waals surface area contributed by atoms with Gasteiger partial charge in [-0.1, -0.05) is 19.1 Å². The molecular weight excluding hydrogens is 282 g/mol. The van der Waals surface area contributed by atoms with E-state index in [4.69, 9.17) is 15.6 Å². The lowest BCUT2D eigenvalue weighted by molar-refractivity contribution is 0.174. The van der Waals surface area contributed by atoms with Crippen LogP contribution in [0, 0.1) is 6.92 Å². The van der Waals surface area contributed by atoms with Crippen molar-refractivity contribution in [1.82, 2.24) is 0 Å². The molecule has 114 valence electrons. The number of thiophene rings is 1. The Kier molecular flexibility index (Phi) is 5.79. The van der Waals surface area contributed by atoms with Crippen molar-refractivity contribution in [3.05, 3.63) is 51.7 Å². The van der Waals surface area contributed by atoms with Gasteiger partial charge in [0.15, 0.2) is 0 Å². The Labute approximate surface area is 130 Å². The minimum Gasteiger partial charge on any atom is -0.483 e. The second-order valence-corrected chi connectivity index (χ2v) is 6.14. The van der Waals surface area contributed by atoms with E-state index >= 15 is 0 Å². The molecule has 0 amide bonds.